The van der Waals surface area contributed by atoms with Crippen molar-refractivity contribution in [2.75, 3.05) is 18.0 Å². The van der Waals surface area contributed by atoms with E-state index >= 15 is 0 Å². The van der Waals surface area contributed by atoms with Gasteiger partial charge in [-0.25, -0.2) is 14.8 Å². The second-order valence-corrected chi connectivity index (χ2v) is 3.76. The number of carboxylic acids is 1. The number of nitrogens with zero attached hydrogens (tertiary/aromatic N) is 3. The number of aromatic nitrogens is 2. The number of hydrogen-bond donors (Lipinski definition) is 3. The Morgan fingerprint density at radius 1 is 1.26 bits per heavy atom. The van der Waals surface area contributed by atoms with Crippen LogP contribution >= 0.6 is 0 Å². The molecule has 0 atom stereocenters. The van der Waals surface area contributed by atoms with Crippen molar-refractivity contribution in [1.82, 2.24) is 9.97 Å². The Labute approximate surface area is 108 Å². The van der Waals surface area contributed by atoms with E-state index in [1.807, 2.05) is 0 Å². The van der Waals surface area contributed by atoms with E-state index < -0.39 is 17.8 Å². The quantitative estimate of drug-likeness (QED) is 0.553. The van der Waals surface area contributed by atoms with Crippen molar-refractivity contribution < 1.29 is 19.5 Å². The number of hydrogen-bond acceptors (Lipinski definition) is 6. The predicted molar refractivity (Wildman–Crippen MR) is 64.3 cm³/mol. The summed E-state index contributed by atoms with van der Waals surface area (Å²) in [4.78, 5) is 41.5. The monoisotopic (exact) mass is 267 g/mol. The summed E-state index contributed by atoms with van der Waals surface area (Å²) in [5.74, 6) is -2.53. The molecule has 9 heteroatoms. The summed E-state index contributed by atoms with van der Waals surface area (Å²) in [5.41, 5.74) is 10.2. The number of rotatable bonds is 6. The van der Waals surface area contributed by atoms with Crippen LogP contribution in [0.1, 0.15) is 16.1 Å². The minimum absolute atomic E-state index is 0.0140. The maximum absolute atomic E-state index is 10.9. The topological polar surface area (TPSA) is 152 Å². The molecule has 19 heavy (non-hydrogen) atoms. The van der Waals surface area contributed by atoms with Crippen LogP contribution < -0.4 is 16.4 Å². The standard InChI is InChI=1S/C10H13N5O4/c1-5-6(9(18)19)2-13-10(14-5)15(3-7(11)16)4-8(12)17/h2H,3-4H2,1H3,(H2,11,16)(H2,12,17)(H,18,19). The first-order chi connectivity index (χ1) is 8.81. The molecule has 1 heterocycles. The van der Waals surface area contributed by atoms with Crippen LogP contribution in [0.3, 0.4) is 0 Å². The highest BCUT2D eigenvalue weighted by atomic mass is 16.4. The summed E-state index contributed by atoms with van der Waals surface area (Å²) >= 11 is 0. The van der Waals surface area contributed by atoms with Gasteiger partial charge in [-0.3, -0.25) is 9.59 Å². The minimum atomic E-state index is -1.17. The van der Waals surface area contributed by atoms with E-state index in [0.717, 1.165) is 6.20 Å². The molecule has 0 aliphatic heterocycles. The summed E-state index contributed by atoms with van der Waals surface area (Å²) in [6, 6.07) is 0. The Morgan fingerprint density at radius 3 is 2.16 bits per heavy atom. The van der Waals surface area contributed by atoms with Crippen molar-refractivity contribution in [1.29, 1.82) is 0 Å². The Hall–Kier alpha value is -2.71. The molecule has 0 fully saturated rings. The summed E-state index contributed by atoms with van der Waals surface area (Å²) < 4.78 is 0. The molecule has 0 aliphatic rings. The number of carbonyl (C=O) groups excluding carboxylic acids is 2. The summed E-state index contributed by atoms with van der Waals surface area (Å²) in [5, 5.41) is 8.84. The minimum Gasteiger partial charge on any atom is -0.478 e. The van der Waals surface area contributed by atoms with Gasteiger partial charge in [-0.15, -0.1) is 0 Å². The number of anilines is 1. The second kappa shape index (κ2) is 5.76. The van der Waals surface area contributed by atoms with Gasteiger partial charge >= 0.3 is 5.97 Å². The number of primary amides is 2. The largest absolute Gasteiger partial charge is 0.478 e. The predicted octanol–water partition coefficient (Wildman–Crippen LogP) is -1.74. The zero-order chi connectivity index (χ0) is 14.6. The number of nitrogens with two attached hydrogens (primary N) is 2. The number of amides is 2. The fourth-order valence-corrected chi connectivity index (χ4v) is 1.39. The highest BCUT2D eigenvalue weighted by Crippen LogP contribution is 2.11. The number of aromatic carboxylic acids is 1. The van der Waals surface area contributed by atoms with E-state index in [-0.39, 0.29) is 30.3 Å². The lowest BCUT2D eigenvalue weighted by atomic mass is 10.2. The van der Waals surface area contributed by atoms with Crippen molar-refractivity contribution in [3.05, 3.63) is 17.5 Å². The third-order valence-electron chi connectivity index (χ3n) is 2.17. The molecule has 0 spiro atoms. The number of carbonyl (C=O) groups is 3. The molecule has 1 aromatic rings. The summed E-state index contributed by atoms with van der Waals surface area (Å²) in [6.45, 7) is 0.880. The lowest BCUT2D eigenvalue weighted by molar-refractivity contribution is -0.117. The van der Waals surface area contributed by atoms with Gasteiger partial charge in [-0.1, -0.05) is 0 Å². The van der Waals surface area contributed by atoms with Crippen LogP contribution in [0, 0.1) is 6.92 Å². The fourth-order valence-electron chi connectivity index (χ4n) is 1.39. The molecular weight excluding hydrogens is 254 g/mol. The van der Waals surface area contributed by atoms with Crippen molar-refractivity contribution >= 4 is 23.7 Å². The van der Waals surface area contributed by atoms with Gasteiger partial charge < -0.3 is 21.5 Å². The Kier molecular flexibility index (Phi) is 4.35. The molecule has 0 aromatic carbocycles. The maximum atomic E-state index is 10.9. The molecule has 2 amide bonds. The maximum Gasteiger partial charge on any atom is 0.339 e. The van der Waals surface area contributed by atoms with Crippen LogP contribution in [0.5, 0.6) is 0 Å². The smallest absolute Gasteiger partial charge is 0.339 e. The Balaban J connectivity index is 3.08. The second-order valence-electron chi connectivity index (χ2n) is 3.76. The van der Waals surface area contributed by atoms with Gasteiger partial charge in [0.05, 0.1) is 11.3 Å². The number of aryl methyl sites for hydroxylation is 1. The molecule has 5 N–H and O–H groups in total. The lowest BCUT2D eigenvalue weighted by Gasteiger charge is -2.19. The van der Waals surface area contributed by atoms with E-state index in [1.54, 1.807) is 0 Å². The van der Waals surface area contributed by atoms with Crippen LogP contribution in [-0.2, 0) is 9.59 Å². The lowest BCUT2D eigenvalue weighted by Crippen LogP contribution is -2.40. The van der Waals surface area contributed by atoms with E-state index in [0.29, 0.717) is 0 Å². The van der Waals surface area contributed by atoms with Gasteiger partial charge in [0, 0.05) is 6.20 Å². The van der Waals surface area contributed by atoms with Gasteiger partial charge in [-0.2, -0.15) is 0 Å². The normalized spacial score (nSPS) is 9.95. The Morgan fingerprint density at radius 2 is 1.79 bits per heavy atom. The summed E-state index contributed by atoms with van der Waals surface area (Å²) in [6.07, 6.45) is 1.09. The van der Waals surface area contributed by atoms with Crippen LogP contribution in [0.25, 0.3) is 0 Å². The highest BCUT2D eigenvalue weighted by Gasteiger charge is 2.17. The molecule has 0 aliphatic carbocycles. The van der Waals surface area contributed by atoms with Crippen molar-refractivity contribution in [2.45, 2.75) is 6.92 Å². The van der Waals surface area contributed by atoms with Gasteiger partial charge in [0.25, 0.3) is 0 Å². The molecule has 0 saturated carbocycles. The molecule has 0 radical (unpaired) electrons. The molecular formula is C10H13N5O4. The average Bonchev–Trinajstić information content (AvgIpc) is 2.26. The van der Waals surface area contributed by atoms with E-state index in [1.165, 1.54) is 11.8 Å². The highest BCUT2D eigenvalue weighted by molar-refractivity contribution is 5.88. The zero-order valence-corrected chi connectivity index (χ0v) is 10.2. The summed E-state index contributed by atoms with van der Waals surface area (Å²) in [7, 11) is 0. The van der Waals surface area contributed by atoms with Gasteiger partial charge in [0.2, 0.25) is 17.8 Å². The third kappa shape index (κ3) is 3.91. The van der Waals surface area contributed by atoms with Crippen molar-refractivity contribution in [2.24, 2.45) is 11.5 Å². The van der Waals surface area contributed by atoms with E-state index in [4.69, 9.17) is 16.6 Å². The first-order valence-corrected chi connectivity index (χ1v) is 5.19. The van der Waals surface area contributed by atoms with Crippen LogP contribution in [-0.4, -0.2) is 45.9 Å². The van der Waals surface area contributed by atoms with Gasteiger partial charge in [0.15, 0.2) is 0 Å². The molecule has 0 bridgehead atoms. The van der Waals surface area contributed by atoms with Crippen LogP contribution in [0.2, 0.25) is 0 Å². The first kappa shape index (κ1) is 14.4. The third-order valence-corrected chi connectivity index (χ3v) is 2.17. The van der Waals surface area contributed by atoms with E-state index in [2.05, 4.69) is 9.97 Å². The molecule has 0 saturated heterocycles. The van der Waals surface area contributed by atoms with E-state index in [9.17, 15) is 14.4 Å². The first-order valence-electron chi connectivity index (χ1n) is 5.19. The van der Waals surface area contributed by atoms with Gasteiger partial charge in [-0.05, 0) is 6.92 Å². The van der Waals surface area contributed by atoms with Crippen LogP contribution in [0.4, 0.5) is 5.95 Å². The molecule has 102 valence electrons. The fraction of sp³-hybridized carbons (Fsp3) is 0.300. The zero-order valence-electron chi connectivity index (χ0n) is 10.2. The van der Waals surface area contributed by atoms with Crippen molar-refractivity contribution in [3.8, 4) is 0 Å². The molecule has 1 rings (SSSR count). The molecule has 9 nitrogen and oxygen atoms in total. The SMILES string of the molecule is Cc1nc(N(CC(N)=O)CC(N)=O)ncc1C(=O)O. The number of carboxylic acid groups (broad SMARTS) is 1. The molecule has 0 unspecified atom stereocenters. The molecule has 1 aromatic heterocycles. The average molecular weight is 267 g/mol. The van der Waals surface area contributed by atoms with Crippen molar-refractivity contribution in [3.63, 3.8) is 0 Å². The van der Waals surface area contributed by atoms with Gasteiger partial charge in [0.1, 0.15) is 13.1 Å². The Bertz CT molecular complexity index is 515. The van der Waals surface area contributed by atoms with Crippen LogP contribution in [0.15, 0.2) is 6.20 Å².